The molecule has 2 rings (SSSR count). The van der Waals surface area contributed by atoms with Crippen molar-refractivity contribution in [3.05, 3.63) is 42.4 Å². The van der Waals surface area contributed by atoms with E-state index in [0.717, 1.165) is 25.1 Å². The molecule has 0 aliphatic rings. The topological polar surface area (TPSA) is 43.8 Å². The molecule has 0 spiro atoms. The zero-order valence-electron chi connectivity index (χ0n) is 12.1. The van der Waals surface area contributed by atoms with Crippen molar-refractivity contribution in [2.45, 2.75) is 39.2 Å². The van der Waals surface area contributed by atoms with Crippen molar-refractivity contribution in [2.24, 2.45) is 5.73 Å². The van der Waals surface area contributed by atoms with Crippen LogP contribution in [0.2, 0.25) is 0 Å². The highest BCUT2D eigenvalue weighted by Crippen LogP contribution is 2.25. The summed E-state index contributed by atoms with van der Waals surface area (Å²) in [6.45, 7) is 7.31. The van der Waals surface area contributed by atoms with E-state index in [0.29, 0.717) is 0 Å². The van der Waals surface area contributed by atoms with Gasteiger partial charge in [-0.3, -0.25) is 0 Å². The molecular formula is C16H23N3. The molecule has 102 valence electrons. The van der Waals surface area contributed by atoms with Crippen LogP contribution in [0, 0.1) is 0 Å². The highest BCUT2D eigenvalue weighted by molar-refractivity contribution is 5.59. The standard InChI is InChI=1S/C16H23N3/c1-16(2,3)19-12-18-11-15(19)14-8-6-13(7-9-14)5-4-10-17/h6-9,11-12H,4-5,10,17H2,1-3H3. The summed E-state index contributed by atoms with van der Waals surface area (Å²) in [4.78, 5) is 4.28. The Balaban J connectivity index is 2.25. The fraction of sp³-hybridized carbons (Fsp3) is 0.438. The first kappa shape index (κ1) is 13.8. The van der Waals surface area contributed by atoms with E-state index in [-0.39, 0.29) is 5.54 Å². The quantitative estimate of drug-likeness (QED) is 0.914. The normalized spacial score (nSPS) is 11.8. The molecule has 1 aromatic carbocycles. The molecular weight excluding hydrogens is 234 g/mol. The SMILES string of the molecule is CC(C)(C)n1cncc1-c1ccc(CCCN)cc1. The van der Waals surface area contributed by atoms with E-state index >= 15 is 0 Å². The van der Waals surface area contributed by atoms with Gasteiger partial charge < -0.3 is 10.3 Å². The average Bonchev–Trinajstić information content (AvgIpc) is 2.86. The maximum atomic E-state index is 5.54. The van der Waals surface area contributed by atoms with E-state index < -0.39 is 0 Å². The molecule has 2 N–H and O–H groups in total. The van der Waals surface area contributed by atoms with Crippen molar-refractivity contribution in [3.8, 4) is 11.3 Å². The highest BCUT2D eigenvalue weighted by Gasteiger charge is 2.17. The minimum Gasteiger partial charge on any atom is -0.330 e. The monoisotopic (exact) mass is 257 g/mol. The highest BCUT2D eigenvalue weighted by atomic mass is 15.1. The number of aryl methyl sites for hydroxylation is 1. The first-order valence-electron chi connectivity index (χ1n) is 6.84. The number of hydrogen-bond donors (Lipinski definition) is 1. The van der Waals surface area contributed by atoms with Gasteiger partial charge in [0.2, 0.25) is 0 Å². The Kier molecular flexibility index (Phi) is 4.05. The molecule has 0 unspecified atom stereocenters. The van der Waals surface area contributed by atoms with Gasteiger partial charge in [0.25, 0.3) is 0 Å². The lowest BCUT2D eigenvalue weighted by Gasteiger charge is -2.23. The number of hydrogen-bond acceptors (Lipinski definition) is 2. The van der Waals surface area contributed by atoms with Gasteiger partial charge in [-0.05, 0) is 51.3 Å². The minimum atomic E-state index is 0.0457. The van der Waals surface area contributed by atoms with Crippen molar-refractivity contribution in [1.29, 1.82) is 0 Å². The van der Waals surface area contributed by atoms with Crippen molar-refractivity contribution in [2.75, 3.05) is 6.54 Å². The second kappa shape index (κ2) is 5.57. The van der Waals surface area contributed by atoms with Gasteiger partial charge in [0, 0.05) is 5.54 Å². The molecule has 0 bridgehead atoms. The molecule has 19 heavy (non-hydrogen) atoms. The Morgan fingerprint density at radius 2 is 1.84 bits per heavy atom. The van der Waals surface area contributed by atoms with Crippen LogP contribution in [0.15, 0.2) is 36.8 Å². The number of nitrogens with two attached hydrogens (primary N) is 1. The Labute approximate surface area is 115 Å². The first-order chi connectivity index (χ1) is 9.02. The lowest BCUT2D eigenvalue weighted by Crippen LogP contribution is -2.21. The largest absolute Gasteiger partial charge is 0.330 e. The zero-order chi connectivity index (χ0) is 13.9. The Morgan fingerprint density at radius 3 is 2.42 bits per heavy atom. The van der Waals surface area contributed by atoms with Crippen LogP contribution in [-0.4, -0.2) is 16.1 Å². The number of rotatable bonds is 4. The first-order valence-corrected chi connectivity index (χ1v) is 6.84. The number of nitrogens with zero attached hydrogens (tertiary/aromatic N) is 2. The number of imidazole rings is 1. The summed E-state index contributed by atoms with van der Waals surface area (Å²) >= 11 is 0. The van der Waals surface area contributed by atoms with Crippen molar-refractivity contribution >= 4 is 0 Å². The van der Waals surface area contributed by atoms with Gasteiger partial charge in [-0.1, -0.05) is 24.3 Å². The average molecular weight is 257 g/mol. The fourth-order valence-electron chi connectivity index (χ4n) is 2.19. The Bertz CT molecular complexity index is 518. The maximum Gasteiger partial charge on any atom is 0.0955 e. The van der Waals surface area contributed by atoms with E-state index in [4.69, 9.17) is 5.73 Å². The van der Waals surface area contributed by atoms with Gasteiger partial charge >= 0.3 is 0 Å². The Hall–Kier alpha value is -1.61. The summed E-state index contributed by atoms with van der Waals surface area (Å²) in [5.74, 6) is 0. The van der Waals surface area contributed by atoms with E-state index in [1.807, 2.05) is 12.5 Å². The van der Waals surface area contributed by atoms with Gasteiger partial charge in [-0.2, -0.15) is 0 Å². The van der Waals surface area contributed by atoms with Crippen LogP contribution in [0.1, 0.15) is 32.8 Å². The van der Waals surface area contributed by atoms with Crippen LogP contribution in [0.25, 0.3) is 11.3 Å². The molecule has 0 saturated heterocycles. The van der Waals surface area contributed by atoms with Crippen LogP contribution >= 0.6 is 0 Å². The van der Waals surface area contributed by atoms with Gasteiger partial charge in [-0.25, -0.2) is 4.98 Å². The van der Waals surface area contributed by atoms with E-state index in [1.54, 1.807) is 0 Å². The fourth-order valence-corrected chi connectivity index (χ4v) is 2.19. The maximum absolute atomic E-state index is 5.54. The van der Waals surface area contributed by atoms with Gasteiger partial charge in [0.1, 0.15) is 0 Å². The molecule has 0 atom stereocenters. The van der Waals surface area contributed by atoms with Crippen molar-refractivity contribution < 1.29 is 0 Å². The van der Waals surface area contributed by atoms with Crippen LogP contribution in [0.3, 0.4) is 0 Å². The van der Waals surface area contributed by atoms with E-state index in [9.17, 15) is 0 Å². The molecule has 2 aromatic rings. The Morgan fingerprint density at radius 1 is 1.16 bits per heavy atom. The van der Waals surface area contributed by atoms with Crippen LogP contribution in [0.4, 0.5) is 0 Å². The van der Waals surface area contributed by atoms with Crippen LogP contribution < -0.4 is 5.73 Å². The third kappa shape index (κ3) is 3.24. The van der Waals surface area contributed by atoms with Crippen molar-refractivity contribution in [1.82, 2.24) is 9.55 Å². The molecule has 3 nitrogen and oxygen atoms in total. The second-order valence-corrected chi connectivity index (χ2v) is 5.91. The predicted octanol–water partition coefficient (Wildman–Crippen LogP) is 3.20. The summed E-state index contributed by atoms with van der Waals surface area (Å²) in [6, 6.07) is 8.71. The molecule has 0 saturated carbocycles. The summed E-state index contributed by atoms with van der Waals surface area (Å²) in [5.41, 5.74) is 9.31. The predicted molar refractivity (Wildman–Crippen MR) is 80.0 cm³/mol. The molecule has 0 radical (unpaired) electrons. The third-order valence-electron chi connectivity index (χ3n) is 3.28. The molecule has 1 aromatic heterocycles. The summed E-state index contributed by atoms with van der Waals surface area (Å²) in [7, 11) is 0. The molecule has 1 heterocycles. The summed E-state index contributed by atoms with van der Waals surface area (Å²) in [5, 5.41) is 0. The van der Waals surface area contributed by atoms with Gasteiger partial charge in [-0.15, -0.1) is 0 Å². The molecule has 0 aliphatic carbocycles. The molecule has 0 aliphatic heterocycles. The molecule has 0 fully saturated rings. The van der Waals surface area contributed by atoms with Gasteiger partial charge in [0.05, 0.1) is 18.2 Å². The molecule has 3 heteroatoms. The second-order valence-electron chi connectivity index (χ2n) is 5.91. The number of benzene rings is 1. The third-order valence-corrected chi connectivity index (χ3v) is 3.28. The lowest BCUT2D eigenvalue weighted by atomic mass is 10.0. The number of aromatic nitrogens is 2. The van der Waals surface area contributed by atoms with Crippen molar-refractivity contribution in [3.63, 3.8) is 0 Å². The van der Waals surface area contributed by atoms with E-state index in [2.05, 4.69) is 54.6 Å². The lowest BCUT2D eigenvalue weighted by molar-refractivity contribution is 0.400. The zero-order valence-corrected chi connectivity index (χ0v) is 12.1. The summed E-state index contributed by atoms with van der Waals surface area (Å²) in [6.07, 6.45) is 5.92. The minimum absolute atomic E-state index is 0.0457. The summed E-state index contributed by atoms with van der Waals surface area (Å²) < 4.78 is 2.21. The van der Waals surface area contributed by atoms with Crippen LogP contribution in [-0.2, 0) is 12.0 Å². The smallest absolute Gasteiger partial charge is 0.0955 e. The van der Waals surface area contributed by atoms with Crippen LogP contribution in [0.5, 0.6) is 0 Å². The molecule has 0 amide bonds. The van der Waals surface area contributed by atoms with E-state index in [1.165, 1.54) is 11.1 Å². The van der Waals surface area contributed by atoms with Gasteiger partial charge in [0.15, 0.2) is 0 Å².